The number of rotatable bonds is 3. The maximum absolute atomic E-state index is 12.4. The predicted octanol–water partition coefficient (Wildman–Crippen LogP) is 0.754. The van der Waals surface area contributed by atoms with Crippen LogP contribution in [0.3, 0.4) is 0 Å². The second kappa shape index (κ2) is 5.96. The highest BCUT2D eigenvalue weighted by atomic mass is 16.2. The molecule has 1 N–H and O–H groups in total. The van der Waals surface area contributed by atoms with Crippen molar-refractivity contribution in [3.8, 4) is 0 Å². The van der Waals surface area contributed by atoms with E-state index in [-0.39, 0.29) is 23.8 Å². The maximum atomic E-state index is 12.4. The molecule has 0 spiro atoms. The Balaban J connectivity index is 2.03. The third-order valence-corrected chi connectivity index (χ3v) is 3.79. The summed E-state index contributed by atoms with van der Waals surface area (Å²) in [4.78, 5) is 25.2. The predicted molar refractivity (Wildman–Crippen MR) is 70.0 cm³/mol. The lowest BCUT2D eigenvalue weighted by atomic mass is 9.88. The summed E-state index contributed by atoms with van der Waals surface area (Å²) in [5.41, 5.74) is 0. The van der Waals surface area contributed by atoms with E-state index in [1.165, 1.54) is 0 Å². The molecule has 4 heteroatoms. The monoisotopic (exact) mass is 248 g/mol. The average Bonchev–Trinajstić information content (AvgIpc) is 2.46. The molecule has 1 heterocycles. The van der Waals surface area contributed by atoms with Crippen LogP contribution in [0.5, 0.6) is 0 Å². The van der Waals surface area contributed by atoms with Crippen molar-refractivity contribution in [2.45, 2.75) is 18.9 Å². The fourth-order valence-corrected chi connectivity index (χ4v) is 2.58. The van der Waals surface area contributed by atoms with Crippen molar-refractivity contribution in [2.75, 3.05) is 20.1 Å². The van der Waals surface area contributed by atoms with Crippen molar-refractivity contribution in [3.05, 3.63) is 24.3 Å². The number of carbonyl (C=O) groups is 2. The quantitative estimate of drug-likeness (QED) is 0.750. The number of likely N-dealkylation sites (N-methyl/N-ethyl adjacent to an activating group) is 1. The van der Waals surface area contributed by atoms with Gasteiger partial charge >= 0.3 is 0 Å². The van der Waals surface area contributed by atoms with Crippen LogP contribution in [0.4, 0.5) is 0 Å². The molecular weight excluding hydrogens is 228 g/mol. The average molecular weight is 248 g/mol. The molecule has 4 nitrogen and oxygen atoms in total. The van der Waals surface area contributed by atoms with Gasteiger partial charge in [-0.3, -0.25) is 4.79 Å². The fraction of sp³-hybridized carbons (Fsp3) is 0.571. The number of allylic oxidation sites excluding steroid dienone is 3. The molecule has 98 valence electrons. The molecule has 0 aromatic carbocycles. The smallest absolute Gasteiger partial charge is 0.230 e. The van der Waals surface area contributed by atoms with Gasteiger partial charge in [0.2, 0.25) is 5.91 Å². The van der Waals surface area contributed by atoms with E-state index >= 15 is 0 Å². The molecule has 1 aliphatic heterocycles. The van der Waals surface area contributed by atoms with Crippen molar-refractivity contribution in [3.63, 3.8) is 0 Å². The summed E-state index contributed by atoms with van der Waals surface area (Å²) in [6.07, 6.45) is 10.3. The minimum atomic E-state index is -0.334. The standard InChI is InChI=1S/C14H20N2O2/c1-16(12-6-4-8-15-9-12)14(18)13-7-3-2-5-11(13)10-17/h2-3,5,7,10-13,15H,4,6,8-9H2,1H3/t11?,12-,13?/m1/s1. The number of aldehydes is 1. The summed E-state index contributed by atoms with van der Waals surface area (Å²) in [5, 5.41) is 3.30. The molecule has 1 aliphatic carbocycles. The van der Waals surface area contributed by atoms with Gasteiger partial charge in [-0.25, -0.2) is 0 Å². The van der Waals surface area contributed by atoms with Crippen molar-refractivity contribution in [1.29, 1.82) is 0 Å². The number of amides is 1. The van der Waals surface area contributed by atoms with Gasteiger partial charge in [0.05, 0.1) is 5.92 Å². The van der Waals surface area contributed by atoms with E-state index < -0.39 is 0 Å². The lowest BCUT2D eigenvalue weighted by Crippen LogP contribution is -2.49. The first kappa shape index (κ1) is 13.0. The molecule has 1 amide bonds. The van der Waals surface area contributed by atoms with Gasteiger partial charge in [0.25, 0.3) is 0 Å². The normalized spacial score (nSPS) is 31.1. The van der Waals surface area contributed by atoms with Crippen LogP contribution in [0, 0.1) is 11.8 Å². The van der Waals surface area contributed by atoms with Gasteiger partial charge < -0.3 is 15.0 Å². The zero-order valence-corrected chi connectivity index (χ0v) is 10.7. The number of piperidine rings is 1. The Labute approximate surface area is 108 Å². The molecule has 1 saturated heterocycles. The van der Waals surface area contributed by atoms with Crippen LogP contribution < -0.4 is 5.32 Å². The molecule has 0 aromatic rings. The van der Waals surface area contributed by atoms with Gasteiger partial charge in [-0.15, -0.1) is 0 Å². The molecule has 0 bridgehead atoms. The lowest BCUT2D eigenvalue weighted by molar-refractivity contribution is -0.137. The van der Waals surface area contributed by atoms with Crippen LogP contribution in [-0.2, 0) is 9.59 Å². The van der Waals surface area contributed by atoms with Gasteiger partial charge in [-0.05, 0) is 19.4 Å². The number of carbonyl (C=O) groups excluding carboxylic acids is 2. The summed E-state index contributed by atoms with van der Waals surface area (Å²) < 4.78 is 0. The molecule has 2 unspecified atom stereocenters. The van der Waals surface area contributed by atoms with E-state index in [1.54, 1.807) is 11.0 Å². The van der Waals surface area contributed by atoms with Gasteiger partial charge in [-0.2, -0.15) is 0 Å². The third kappa shape index (κ3) is 2.70. The summed E-state index contributed by atoms with van der Waals surface area (Å²) in [5.74, 6) is -0.609. The van der Waals surface area contributed by atoms with Crippen LogP contribution in [-0.4, -0.2) is 43.3 Å². The minimum absolute atomic E-state index is 0.0430. The molecule has 3 atom stereocenters. The van der Waals surface area contributed by atoms with Crippen molar-refractivity contribution < 1.29 is 9.59 Å². The molecule has 0 saturated carbocycles. The van der Waals surface area contributed by atoms with Crippen LogP contribution in [0.25, 0.3) is 0 Å². The van der Waals surface area contributed by atoms with Crippen LogP contribution >= 0.6 is 0 Å². The Morgan fingerprint density at radius 3 is 2.83 bits per heavy atom. The molecule has 2 aliphatic rings. The highest BCUT2D eigenvalue weighted by Crippen LogP contribution is 2.22. The van der Waals surface area contributed by atoms with Gasteiger partial charge in [0.1, 0.15) is 6.29 Å². The van der Waals surface area contributed by atoms with Crippen LogP contribution in [0.15, 0.2) is 24.3 Å². The first-order chi connectivity index (χ1) is 8.74. The zero-order chi connectivity index (χ0) is 13.0. The van der Waals surface area contributed by atoms with E-state index in [9.17, 15) is 9.59 Å². The van der Waals surface area contributed by atoms with Crippen LogP contribution in [0.2, 0.25) is 0 Å². The minimum Gasteiger partial charge on any atom is -0.341 e. The van der Waals surface area contributed by atoms with Crippen molar-refractivity contribution >= 4 is 12.2 Å². The first-order valence-electron chi connectivity index (χ1n) is 6.51. The fourth-order valence-electron chi connectivity index (χ4n) is 2.58. The summed E-state index contributed by atoms with van der Waals surface area (Å²) >= 11 is 0. The van der Waals surface area contributed by atoms with Gasteiger partial charge in [0.15, 0.2) is 0 Å². The lowest BCUT2D eigenvalue weighted by Gasteiger charge is -2.34. The van der Waals surface area contributed by atoms with Gasteiger partial charge in [0, 0.05) is 25.6 Å². The van der Waals surface area contributed by atoms with Crippen molar-refractivity contribution in [2.24, 2.45) is 11.8 Å². The van der Waals surface area contributed by atoms with E-state index in [0.29, 0.717) is 0 Å². The molecule has 0 aromatic heterocycles. The largest absolute Gasteiger partial charge is 0.341 e. The summed E-state index contributed by atoms with van der Waals surface area (Å²) in [6, 6.07) is 0.248. The highest BCUT2D eigenvalue weighted by Gasteiger charge is 2.31. The Hall–Kier alpha value is -1.42. The Kier molecular flexibility index (Phi) is 4.31. The number of hydrogen-bond acceptors (Lipinski definition) is 3. The number of nitrogens with one attached hydrogen (secondary N) is 1. The number of hydrogen-bond donors (Lipinski definition) is 1. The van der Waals surface area contributed by atoms with Crippen molar-refractivity contribution in [1.82, 2.24) is 10.2 Å². The maximum Gasteiger partial charge on any atom is 0.230 e. The number of nitrogens with zero attached hydrogens (tertiary/aromatic N) is 1. The molecular formula is C14H20N2O2. The van der Waals surface area contributed by atoms with Crippen LogP contribution in [0.1, 0.15) is 12.8 Å². The topological polar surface area (TPSA) is 49.4 Å². The molecule has 18 heavy (non-hydrogen) atoms. The Morgan fingerprint density at radius 2 is 2.17 bits per heavy atom. The molecule has 0 radical (unpaired) electrons. The van der Waals surface area contributed by atoms with E-state index in [4.69, 9.17) is 0 Å². The second-order valence-corrected chi connectivity index (χ2v) is 4.96. The highest BCUT2D eigenvalue weighted by molar-refractivity contribution is 5.85. The first-order valence-corrected chi connectivity index (χ1v) is 6.51. The zero-order valence-electron chi connectivity index (χ0n) is 10.7. The Bertz CT molecular complexity index is 370. The third-order valence-electron chi connectivity index (χ3n) is 3.79. The second-order valence-electron chi connectivity index (χ2n) is 4.96. The SMILES string of the molecule is CN(C(=O)C1C=CC=CC1C=O)[C@@H]1CCCNC1. The molecule has 1 fully saturated rings. The van der Waals surface area contributed by atoms with E-state index in [2.05, 4.69) is 5.32 Å². The summed E-state index contributed by atoms with van der Waals surface area (Å²) in [6.45, 7) is 1.88. The Morgan fingerprint density at radius 1 is 1.39 bits per heavy atom. The summed E-state index contributed by atoms with van der Waals surface area (Å²) in [7, 11) is 1.84. The van der Waals surface area contributed by atoms with E-state index in [1.807, 2.05) is 25.3 Å². The van der Waals surface area contributed by atoms with Gasteiger partial charge in [-0.1, -0.05) is 24.3 Å². The van der Waals surface area contributed by atoms with E-state index in [0.717, 1.165) is 32.2 Å². The molecule has 2 rings (SSSR count).